The van der Waals surface area contributed by atoms with Crippen LogP contribution in [-0.4, -0.2) is 29.4 Å². The van der Waals surface area contributed by atoms with Gasteiger partial charge >= 0.3 is 0 Å². The van der Waals surface area contributed by atoms with Crippen LogP contribution in [0.1, 0.15) is 11.1 Å². The van der Waals surface area contributed by atoms with Crippen molar-refractivity contribution >= 4 is 21.6 Å². The normalized spacial score (nSPS) is 15.7. The zero-order valence-electron chi connectivity index (χ0n) is 11.0. The molecule has 0 aliphatic carbocycles. The van der Waals surface area contributed by atoms with E-state index in [4.69, 9.17) is 11.6 Å². The van der Waals surface area contributed by atoms with E-state index in [0.29, 0.717) is 13.0 Å². The zero-order valence-corrected chi connectivity index (χ0v) is 12.6. The van der Waals surface area contributed by atoms with E-state index in [1.54, 1.807) is 12.1 Å². The van der Waals surface area contributed by atoms with E-state index in [1.165, 1.54) is 22.8 Å². The molecular formula is C14H13ClN2O3S. The van der Waals surface area contributed by atoms with E-state index < -0.39 is 10.0 Å². The summed E-state index contributed by atoms with van der Waals surface area (Å²) in [6.07, 6.45) is 3.31. The molecule has 0 unspecified atom stereocenters. The van der Waals surface area contributed by atoms with Gasteiger partial charge in [0.2, 0.25) is 10.0 Å². The number of hydrogen-bond donors (Lipinski definition) is 1. The molecule has 2 heterocycles. The fraction of sp³-hybridized carbons (Fsp3) is 0.214. The first-order valence-corrected chi connectivity index (χ1v) is 8.21. The number of fused-ring (bicyclic) bond motifs is 1. The van der Waals surface area contributed by atoms with Gasteiger partial charge in [-0.2, -0.15) is 4.31 Å². The summed E-state index contributed by atoms with van der Waals surface area (Å²) in [5, 5.41) is 9.70. The average Bonchev–Trinajstić information content (AvgIpc) is 2.46. The Morgan fingerprint density at radius 3 is 2.81 bits per heavy atom. The molecule has 1 aliphatic rings. The largest absolute Gasteiger partial charge is 0.508 e. The lowest BCUT2D eigenvalue weighted by molar-refractivity contribution is 0.388. The summed E-state index contributed by atoms with van der Waals surface area (Å²) in [6.45, 7) is 0.600. The minimum Gasteiger partial charge on any atom is -0.508 e. The molecule has 5 nitrogen and oxygen atoms in total. The van der Waals surface area contributed by atoms with Crippen LogP contribution in [0.3, 0.4) is 0 Å². The second-order valence-corrected chi connectivity index (χ2v) is 7.16. The topological polar surface area (TPSA) is 70.5 Å². The monoisotopic (exact) mass is 324 g/mol. The Labute approximate surface area is 127 Å². The standard InChI is InChI=1S/C14H13ClN2O3S/c15-13-3-5-16-8-14(13)21(19,20)17-6-4-10-1-2-12(18)7-11(10)9-17/h1-3,5,7-8,18H,4,6,9H2. The average molecular weight is 325 g/mol. The summed E-state index contributed by atoms with van der Waals surface area (Å²) < 4.78 is 26.6. The molecule has 1 aromatic heterocycles. The van der Waals surface area contributed by atoms with Gasteiger partial charge in [0.1, 0.15) is 10.6 Å². The molecule has 21 heavy (non-hydrogen) atoms. The first-order chi connectivity index (χ1) is 9.98. The lowest BCUT2D eigenvalue weighted by atomic mass is 10.0. The number of rotatable bonds is 2. The molecule has 0 spiro atoms. The second-order valence-electron chi connectivity index (χ2n) is 4.85. The molecule has 3 rings (SSSR count). The van der Waals surface area contributed by atoms with E-state index in [0.717, 1.165) is 11.1 Å². The van der Waals surface area contributed by atoms with Crippen molar-refractivity contribution in [3.63, 3.8) is 0 Å². The third-order valence-corrected chi connectivity index (χ3v) is 5.83. The maximum Gasteiger partial charge on any atom is 0.246 e. The fourth-order valence-corrected chi connectivity index (χ4v) is 4.24. The Hall–Kier alpha value is -1.63. The van der Waals surface area contributed by atoms with Crippen molar-refractivity contribution in [3.8, 4) is 5.75 Å². The molecular weight excluding hydrogens is 312 g/mol. The minimum absolute atomic E-state index is 0.00951. The molecule has 0 saturated carbocycles. The molecule has 0 bridgehead atoms. The van der Waals surface area contributed by atoms with Crippen molar-refractivity contribution < 1.29 is 13.5 Å². The third kappa shape index (κ3) is 2.62. The number of halogens is 1. The van der Waals surface area contributed by atoms with Gasteiger partial charge in [0.05, 0.1) is 5.02 Å². The smallest absolute Gasteiger partial charge is 0.246 e. The van der Waals surface area contributed by atoms with Crippen molar-refractivity contribution in [1.29, 1.82) is 0 Å². The highest BCUT2D eigenvalue weighted by Gasteiger charge is 2.30. The number of pyridine rings is 1. The number of nitrogens with zero attached hydrogens (tertiary/aromatic N) is 2. The van der Waals surface area contributed by atoms with Gasteiger partial charge in [0.15, 0.2) is 0 Å². The molecule has 2 aromatic rings. The Balaban J connectivity index is 1.97. The number of hydrogen-bond acceptors (Lipinski definition) is 4. The molecule has 0 radical (unpaired) electrons. The molecule has 0 amide bonds. The van der Waals surface area contributed by atoms with Crippen molar-refractivity contribution in [1.82, 2.24) is 9.29 Å². The van der Waals surface area contributed by atoms with Crippen LogP contribution in [0.5, 0.6) is 5.75 Å². The van der Waals surface area contributed by atoms with Crippen LogP contribution in [0.2, 0.25) is 5.02 Å². The van der Waals surface area contributed by atoms with Gasteiger partial charge in [-0.05, 0) is 35.7 Å². The van der Waals surface area contributed by atoms with Gasteiger partial charge in [0.25, 0.3) is 0 Å². The summed E-state index contributed by atoms with van der Waals surface area (Å²) in [7, 11) is -3.69. The van der Waals surface area contributed by atoms with E-state index in [2.05, 4.69) is 4.98 Å². The summed E-state index contributed by atoms with van der Waals surface area (Å²) >= 11 is 5.97. The lowest BCUT2D eigenvalue weighted by Gasteiger charge is -2.28. The SMILES string of the molecule is O=S(=O)(c1cnccc1Cl)N1CCc2ccc(O)cc2C1. The van der Waals surface area contributed by atoms with E-state index >= 15 is 0 Å². The molecule has 1 aromatic carbocycles. The Kier molecular flexibility index (Phi) is 3.61. The number of phenolic OH excluding ortho intramolecular Hbond substituents is 1. The molecule has 110 valence electrons. The Bertz CT molecular complexity index is 793. The summed E-state index contributed by atoms with van der Waals surface area (Å²) in [5.74, 6) is 0.132. The Morgan fingerprint density at radius 1 is 1.24 bits per heavy atom. The van der Waals surface area contributed by atoms with E-state index in [1.807, 2.05) is 6.07 Å². The highest BCUT2D eigenvalue weighted by atomic mass is 35.5. The molecule has 1 N–H and O–H groups in total. The van der Waals surface area contributed by atoms with Crippen LogP contribution in [-0.2, 0) is 23.0 Å². The van der Waals surface area contributed by atoms with Crippen LogP contribution in [0, 0.1) is 0 Å². The number of phenols is 1. The van der Waals surface area contributed by atoms with Gasteiger partial charge in [-0.1, -0.05) is 17.7 Å². The third-order valence-electron chi connectivity index (χ3n) is 3.52. The summed E-state index contributed by atoms with van der Waals surface area (Å²) in [4.78, 5) is 3.84. The van der Waals surface area contributed by atoms with Crippen molar-refractivity contribution in [3.05, 3.63) is 52.8 Å². The fourth-order valence-electron chi connectivity index (χ4n) is 2.41. The Morgan fingerprint density at radius 2 is 2.05 bits per heavy atom. The minimum atomic E-state index is -3.69. The molecule has 0 atom stereocenters. The van der Waals surface area contributed by atoms with Crippen molar-refractivity contribution in [2.75, 3.05) is 6.54 Å². The number of aromatic hydroxyl groups is 1. The van der Waals surface area contributed by atoms with E-state index in [9.17, 15) is 13.5 Å². The van der Waals surface area contributed by atoms with E-state index in [-0.39, 0.29) is 22.2 Å². The van der Waals surface area contributed by atoms with Gasteiger partial charge in [-0.25, -0.2) is 8.42 Å². The lowest BCUT2D eigenvalue weighted by Crippen LogP contribution is -2.36. The first kappa shape index (κ1) is 14.3. The van der Waals surface area contributed by atoms with Crippen molar-refractivity contribution in [2.45, 2.75) is 17.9 Å². The molecule has 0 saturated heterocycles. The number of benzene rings is 1. The molecule has 7 heteroatoms. The molecule has 1 aliphatic heterocycles. The first-order valence-electron chi connectivity index (χ1n) is 6.39. The van der Waals surface area contributed by atoms with Crippen molar-refractivity contribution in [2.24, 2.45) is 0 Å². The highest BCUT2D eigenvalue weighted by Crippen LogP contribution is 2.29. The van der Waals surface area contributed by atoms with Crippen LogP contribution in [0.4, 0.5) is 0 Å². The van der Waals surface area contributed by atoms with Gasteiger partial charge in [-0.15, -0.1) is 0 Å². The zero-order chi connectivity index (χ0) is 15.0. The quantitative estimate of drug-likeness (QED) is 0.919. The predicted molar refractivity (Wildman–Crippen MR) is 78.7 cm³/mol. The van der Waals surface area contributed by atoms with Crippen LogP contribution < -0.4 is 0 Å². The second kappa shape index (κ2) is 5.29. The number of sulfonamides is 1. The maximum atomic E-state index is 12.6. The number of aromatic nitrogens is 1. The van der Waals surface area contributed by atoms with Crippen LogP contribution in [0.15, 0.2) is 41.6 Å². The maximum absolute atomic E-state index is 12.6. The van der Waals surface area contributed by atoms with Crippen LogP contribution >= 0.6 is 11.6 Å². The van der Waals surface area contributed by atoms with Gasteiger partial charge in [0, 0.05) is 25.5 Å². The summed E-state index contributed by atoms with van der Waals surface area (Å²) in [6, 6.07) is 6.49. The van der Waals surface area contributed by atoms with Crippen LogP contribution in [0.25, 0.3) is 0 Å². The van der Waals surface area contributed by atoms with Gasteiger partial charge in [-0.3, -0.25) is 4.98 Å². The molecule has 0 fully saturated rings. The summed E-state index contributed by atoms with van der Waals surface area (Å²) in [5.41, 5.74) is 1.86. The highest BCUT2D eigenvalue weighted by molar-refractivity contribution is 7.89. The van der Waals surface area contributed by atoms with Gasteiger partial charge < -0.3 is 5.11 Å². The predicted octanol–water partition coefficient (Wildman–Crippen LogP) is 2.19.